The summed E-state index contributed by atoms with van der Waals surface area (Å²) in [7, 11) is -4.09. The first kappa shape index (κ1) is 12.3. The van der Waals surface area contributed by atoms with Gasteiger partial charge in [-0.1, -0.05) is 30.3 Å². The first-order chi connectivity index (χ1) is 6.57. The topological polar surface area (TPSA) is 54.4 Å². The first-order valence-corrected chi connectivity index (χ1v) is 5.48. The van der Waals surface area contributed by atoms with Crippen molar-refractivity contribution < 1.29 is 32.4 Å². The van der Waals surface area contributed by atoms with Crippen LogP contribution in [0.4, 0.5) is 0 Å². The van der Waals surface area contributed by atoms with E-state index in [2.05, 4.69) is 0 Å². The molecule has 2 rings (SSSR count). The van der Waals surface area contributed by atoms with Crippen LogP contribution in [0.3, 0.4) is 0 Å². The number of fused-ring (bicyclic) bond motifs is 1. The molecule has 0 spiro atoms. The van der Waals surface area contributed by atoms with Gasteiger partial charge in [-0.2, -0.15) is 8.42 Å². The third-order valence-corrected chi connectivity index (χ3v) is 2.87. The van der Waals surface area contributed by atoms with Gasteiger partial charge < -0.3 is 0 Å². The molecule has 0 atom stereocenters. The van der Waals surface area contributed by atoms with Crippen molar-refractivity contribution in [1.82, 2.24) is 0 Å². The molecule has 0 heterocycles. The van der Waals surface area contributed by atoms with E-state index in [1.165, 1.54) is 12.1 Å². The van der Waals surface area contributed by atoms with Crippen molar-refractivity contribution in [2.75, 3.05) is 0 Å². The van der Waals surface area contributed by atoms with Gasteiger partial charge in [0.1, 0.15) is 0 Å². The molecule has 0 fully saturated rings. The molecule has 0 aliphatic heterocycles. The van der Waals surface area contributed by atoms with Crippen molar-refractivity contribution in [3.8, 4) is 0 Å². The van der Waals surface area contributed by atoms with Crippen LogP contribution in [0.15, 0.2) is 47.4 Å². The largest absolute Gasteiger partial charge is 0.294 e. The predicted molar refractivity (Wildman–Crippen MR) is 53.8 cm³/mol. The molecule has 0 amide bonds. The summed E-state index contributed by atoms with van der Waals surface area (Å²) in [6, 6.07) is 11.9. The molecule has 5 heteroatoms. The van der Waals surface area contributed by atoms with Crippen molar-refractivity contribution >= 4 is 20.9 Å². The molecule has 0 saturated heterocycles. The Bertz CT molecular complexity index is 578. The van der Waals surface area contributed by atoms with E-state index in [-0.39, 0.29) is 24.4 Å². The molecule has 2 aromatic rings. The Morgan fingerprint density at radius 3 is 2.13 bits per heavy atom. The standard InChI is InChI=1S/C10H8O3S.Zn/c11-14(12,13)10-6-5-8-3-1-2-4-9(8)7-10;/h1-7H,(H,11,12,13);. The van der Waals surface area contributed by atoms with Crippen molar-refractivity contribution in [2.45, 2.75) is 4.90 Å². The molecule has 74 valence electrons. The third kappa shape index (κ3) is 2.62. The molecule has 15 heavy (non-hydrogen) atoms. The SMILES string of the molecule is O=S(=O)(O)c1ccc2ccccc2c1.[Zn]. The van der Waals surface area contributed by atoms with Crippen LogP contribution in [0.2, 0.25) is 0 Å². The molecule has 3 nitrogen and oxygen atoms in total. The van der Waals surface area contributed by atoms with Crippen molar-refractivity contribution in [2.24, 2.45) is 0 Å². The van der Waals surface area contributed by atoms with Crippen molar-refractivity contribution in [1.29, 1.82) is 0 Å². The maximum absolute atomic E-state index is 10.8. The third-order valence-electron chi connectivity index (χ3n) is 2.02. The van der Waals surface area contributed by atoms with Gasteiger partial charge in [0.25, 0.3) is 10.1 Å². The predicted octanol–water partition coefficient (Wildman–Crippen LogP) is 2.08. The average Bonchev–Trinajstić information content (AvgIpc) is 2.16. The van der Waals surface area contributed by atoms with Crippen LogP contribution in [-0.4, -0.2) is 13.0 Å². The van der Waals surface area contributed by atoms with Gasteiger partial charge in [0, 0.05) is 19.5 Å². The summed E-state index contributed by atoms with van der Waals surface area (Å²) in [5, 5.41) is 1.74. The maximum atomic E-state index is 10.8. The normalized spacial score (nSPS) is 11.0. The van der Waals surface area contributed by atoms with E-state index < -0.39 is 10.1 Å². The molecule has 2 aromatic carbocycles. The quantitative estimate of drug-likeness (QED) is 0.639. The van der Waals surface area contributed by atoms with E-state index in [9.17, 15) is 8.42 Å². The van der Waals surface area contributed by atoms with Gasteiger partial charge in [-0.15, -0.1) is 0 Å². The van der Waals surface area contributed by atoms with Crippen LogP contribution in [0.25, 0.3) is 10.8 Å². The van der Waals surface area contributed by atoms with E-state index >= 15 is 0 Å². The smallest absolute Gasteiger partial charge is 0.282 e. The molecule has 0 radical (unpaired) electrons. The molecule has 0 saturated carbocycles. The average molecular weight is 274 g/mol. The molecule has 1 N–H and O–H groups in total. The number of hydrogen-bond acceptors (Lipinski definition) is 2. The van der Waals surface area contributed by atoms with Crippen LogP contribution in [-0.2, 0) is 29.6 Å². The minimum absolute atomic E-state index is 0. The molecular weight excluding hydrogens is 266 g/mol. The Kier molecular flexibility index (Phi) is 3.60. The Hall–Kier alpha value is -0.767. The fraction of sp³-hybridized carbons (Fsp3) is 0. The second kappa shape index (κ2) is 4.39. The fourth-order valence-corrected chi connectivity index (χ4v) is 1.84. The zero-order valence-corrected chi connectivity index (χ0v) is 11.7. The minimum Gasteiger partial charge on any atom is -0.282 e. The molecule has 0 aliphatic carbocycles. The van der Waals surface area contributed by atoms with Gasteiger partial charge in [0.2, 0.25) is 0 Å². The Labute approximate surface area is 101 Å². The molecule has 0 unspecified atom stereocenters. The molecule has 0 aromatic heterocycles. The van der Waals surface area contributed by atoms with Gasteiger partial charge in [0.05, 0.1) is 4.90 Å². The summed E-state index contributed by atoms with van der Waals surface area (Å²) in [5.41, 5.74) is 0. The van der Waals surface area contributed by atoms with Gasteiger partial charge in [-0.3, -0.25) is 4.55 Å². The van der Waals surface area contributed by atoms with Crippen molar-refractivity contribution in [3.05, 3.63) is 42.5 Å². The van der Waals surface area contributed by atoms with Crippen molar-refractivity contribution in [3.63, 3.8) is 0 Å². The van der Waals surface area contributed by atoms with Crippen LogP contribution in [0.5, 0.6) is 0 Å². The van der Waals surface area contributed by atoms with Crippen LogP contribution in [0, 0.1) is 0 Å². The van der Waals surface area contributed by atoms with E-state index in [4.69, 9.17) is 4.55 Å². The molecule has 0 aliphatic rings. The molecular formula is C10H8O3SZn. The first-order valence-electron chi connectivity index (χ1n) is 4.04. The van der Waals surface area contributed by atoms with Crippen LogP contribution >= 0.6 is 0 Å². The minimum atomic E-state index is -4.09. The van der Waals surface area contributed by atoms with E-state index in [1.54, 1.807) is 12.1 Å². The monoisotopic (exact) mass is 272 g/mol. The summed E-state index contributed by atoms with van der Waals surface area (Å²) in [5.74, 6) is 0. The zero-order chi connectivity index (χ0) is 10.2. The second-order valence-corrected chi connectivity index (χ2v) is 4.41. The van der Waals surface area contributed by atoms with E-state index in [0.29, 0.717) is 0 Å². The Morgan fingerprint density at radius 2 is 1.53 bits per heavy atom. The van der Waals surface area contributed by atoms with E-state index in [0.717, 1.165) is 10.8 Å². The molecule has 0 bridgehead atoms. The summed E-state index contributed by atoms with van der Waals surface area (Å²) >= 11 is 0. The summed E-state index contributed by atoms with van der Waals surface area (Å²) in [6.07, 6.45) is 0. The number of benzene rings is 2. The van der Waals surface area contributed by atoms with Crippen LogP contribution in [0.1, 0.15) is 0 Å². The summed E-state index contributed by atoms with van der Waals surface area (Å²) in [6.45, 7) is 0. The Balaban J connectivity index is 0.00000112. The summed E-state index contributed by atoms with van der Waals surface area (Å²) in [4.78, 5) is -0.0730. The van der Waals surface area contributed by atoms with Gasteiger partial charge in [-0.25, -0.2) is 0 Å². The van der Waals surface area contributed by atoms with Gasteiger partial charge >= 0.3 is 0 Å². The van der Waals surface area contributed by atoms with Crippen LogP contribution < -0.4 is 0 Å². The maximum Gasteiger partial charge on any atom is 0.294 e. The zero-order valence-electron chi connectivity index (χ0n) is 7.92. The van der Waals surface area contributed by atoms with E-state index in [1.807, 2.05) is 18.2 Å². The summed E-state index contributed by atoms with van der Waals surface area (Å²) < 4.78 is 30.5. The van der Waals surface area contributed by atoms with Gasteiger partial charge in [0.15, 0.2) is 0 Å². The fourth-order valence-electron chi connectivity index (χ4n) is 1.33. The Morgan fingerprint density at radius 1 is 0.933 bits per heavy atom. The second-order valence-electron chi connectivity index (χ2n) is 2.98. The number of rotatable bonds is 1. The van der Waals surface area contributed by atoms with Gasteiger partial charge in [-0.05, 0) is 22.9 Å². The number of hydrogen-bond donors (Lipinski definition) is 1.